The van der Waals surface area contributed by atoms with Gasteiger partial charge in [0.15, 0.2) is 0 Å². The number of pyridine rings is 1. The maximum absolute atomic E-state index is 12.5. The number of carbonyl (C=O) groups excluding carboxylic acids is 1. The molecule has 0 aliphatic carbocycles. The molecule has 3 rings (SSSR count). The molecule has 0 fully saturated rings. The summed E-state index contributed by atoms with van der Waals surface area (Å²) in [6.07, 6.45) is 5.94. The van der Waals surface area contributed by atoms with Crippen molar-refractivity contribution in [2.45, 2.75) is 51.6 Å². The molecule has 1 unspecified atom stereocenters. The molecule has 0 bridgehead atoms. The standard InChI is InChI=1S/C20H24N2O/c1-14(2)18-9-15(11-21-12-18)7-8-20(23)19-10-16-5-3-4-6-17(16)13-22-19/h3-6,9,11-12,14,19,22H,7-8,10,13H2,1-2H3. The molecule has 0 radical (unpaired) electrons. The largest absolute Gasteiger partial charge is 0.303 e. The van der Waals surface area contributed by atoms with Gasteiger partial charge in [0.1, 0.15) is 5.78 Å². The van der Waals surface area contributed by atoms with E-state index in [0.29, 0.717) is 18.1 Å². The van der Waals surface area contributed by atoms with Gasteiger partial charge in [-0.15, -0.1) is 0 Å². The lowest BCUT2D eigenvalue weighted by Crippen LogP contribution is -2.41. The van der Waals surface area contributed by atoms with Crippen LogP contribution in [0.25, 0.3) is 0 Å². The monoisotopic (exact) mass is 308 g/mol. The molecule has 1 N–H and O–H groups in total. The molecule has 0 saturated heterocycles. The summed E-state index contributed by atoms with van der Waals surface area (Å²) in [7, 11) is 0. The fourth-order valence-electron chi connectivity index (χ4n) is 3.08. The molecule has 2 heterocycles. The van der Waals surface area contributed by atoms with Gasteiger partial charge < -0.3 is 5.32 Å². The summed E-state index contributed by atoms with van der Waals surface area (Å²) in [5.74, 6) is 0.768. The topological polar surface area (TPSA) is 42.0 Å². The fourth-order valence-corrected chi connectivity index (χ4v) is 3.08. The lowest BCUT2D eigenvalue weighted by molar-refractivity contribution is -0.121. The summed E-state index contributed by atoms with van der Waals surface area (Å²) in [6.45, 7) is 5.11. The number of carbonyl (C=O) groups is 1. The zero-order chi connectivity index (χ0) is 16.2. The summed E-state index contributed by atoms with van der Waals surface area (Å²) in [5, 5.41) is 3.38. The number of aromatic nitrogens is 1. The number of fused-ring (bicyclic) bond motifs is 1. The van der Waals surface area contributed by atoms with Gasteiger partial charge in [-0.3, -0.25) is 9.78 Å². The van der Waals surface area contributed by atoms with Gasteiger partial charge in [-0.1, -0.05) is 44.2 Å². The van der Waals surface area contributed by atoms with Crippen LogP contribution in [-0.2, 0) is 24.2 Å². The smallest absolute Gasteiger partial charge is 0.150 e. The van der Waals surface area contributed by atoms with Gasteiger partial charge in [-0.2, -0.15) is 0 Å². The van der Waals surface area contributed by atoms with Gasteiger partial charge >= 0.3 is 0 Å². The maximum atomic E-state index is 12.5. The molecular formula is C20H24N2O. The number of ketones is 1. The molecular weight excluding hydrogens is 284 g/mol. The van der Waals surface area contributed by atoms with E-state index < -0.39 is 0 Å². The third-order valence-corrected chi connectivity index (χ3v) is 4.61. The van der Waals surface area contributed by atoms with Crippen molar-refractivity contribution in [2.24, 2.45) is 0 Å². The minimum absolute atomic E-state index is 0.0499. The zero-order valence-corrected chi connectivity index (χ0v) is 13.9. The average molecular weight is 308 g/mol. The number of Topliss-reactive ketones (excluding diaryl/α,β-unsaturated/α-hetero) is 1. The van der Waals surface area contributed by atoms with Crippen LogP contribution in [0, 0.1) is 0 Å². The van der Waals surface area contributed by atoms with Crippen LogP contribution in [0.3, 0.4) is 0 Å². The molecule has 1 aliphatic rings. The Balaban J connectivity index is 1.59. The number of benzene rings is 1. The third-order valence-electron chi connectivity index (χ3n) is 4.61. The van der Waals surface area contributed by atoms with E-state index in [9.17, 15) is 4.79 Å². The fraction of sp³-hybridized carbons (Fsp3) is 0.400. The molecule has 0 spiro atoms. The van der Waals surface area contributed by atoms with E-state index in [1.165, 1.54) is 16.7 Å². The highest BCUT2D eigenvalue weighted by Crippen LogP contribution is 2.19. The predicted molar refractivity (Wildman–Crippen MR) is 92.4 cm³/mol. The highest BCUT2D eigenvalue weighted by molar-refractivity contribution is 5.84. The van der Waals surface area contributed by atoms with Crippen LogP contribution in [0.15, 0.2) is 42.7 Å². The molecule has 0 amide bonds. The van der Waals surface area contributed by atoms with Crippen molar-refractivity contribution in [3.8, 4) is 0 Å². The van der Waals surface area contributed by atoms with Gasteiger partial charge in [0.25, 0.3) is 0 Å². The van der Waals surface area contributed by atoms with Crippen molar-refractivity contribution in [1.29, 1.82) is 0 Å². The molecule has 3 heteroatoms. The van der Waals surface area contributed by atoms with Crippen molar-refractivity contribution in [3.05, 3.63) is 65.0 Å². The Hall–Kier alpha value is -2.00. The molecule has 2 aromatic rings. The Morgan fingerprint density at radius 3 is 2.83 bits per heavy atom. The molecule has 1 atom stereocenters. The normalized spacial score (nSPS) is 17.1. The summed E-state index contributed by atoms with van der Waals surface area (Å²) in [6, 6.07) is 10.5. The van der Waals surface area contributed by atoms with E-state index in [4.69, 9.17) is 0 Å². The molecule has 0 saturated carbocycles. The first-order valence-corrected chi connectivity index (χ1v) is 8.40. The van der Waals surface area contributed by atoms with Gasteiger partial charge in [-0.25, -0.2) is 0 Å². The SMILES string of the molecule is CC(C)c1cncc(CCC(=O)C2Cc3ccccc3CN2)c1. The number of nitrogens with one attached hydrogen (secondary N) is 1. The average Bonchev–Trinajstić information content (AvgIpc) is 2.59. The number of nitrogens with zero attached hydrogens (tertiary/aromatic N) is 1. The van der Waals surface area contributed by atoms with Crippen LogP contribution in [0.2, 0.25) is 0 Å². The first-order chi connectivity index (χ1) is 11.1. The summed E-state index contributed by atoms with van der Waals surface area (Å²) >= 11 is 0. The predicted octanol–water partition coefficient (Wildman–Crippen LogP) is 3.42. The molecule has 3 nitrogen and oxygen atoms in total. The van der Waals surface area contributed by atoms with E-state index in [-0.39, 0.29) is 6.04 Å². The van der Waals surface area contributed by atoms with Crippen LogP contribution in [0.1, 0.15) is 48.4 Å². The van der Waals surface area contributed by atoms with Crippen LogP contribution in [0.4, 0.5) is 0 Å². The summed E-state index contributed by atoms with van der Waals surface area (Å²) < 4.78 is 0. The lowest BCUT2D eigenvalue weighted by Gasteiger charge is -2.25. The van der Waals surface area contributed by atoms with E-state index in [0.717, 1.165) is 24.9 Å². The van der Waals surface area contributed by atoms with E-state index in [1.54, 1.807) is 0 Å². The van der Waals surface area contributed by atoms with Crippen LogP contribution in [-0.4, -0.2) is 16.8 Å². The van der Waals surface area contributed by atoms with E-state index >= 15 is 0 Å². The zero-order valence-electron chi connectivity index (χ0n) is 13.9. The Morgan fingerprint density at radius 1 is 1.26 bits per heavy atom. The highest BCUT2D eigenvalue weighted by atomic mass is 16.1. The minimum atomic E-state index is -0.0499. The van der Waals surface area contributed by atoms with Crippen LogP contribution >= 0.6 is 0 Å². The second-order valence-corrected chi connectivity index (χ2v) is 6.65. The molecule has 1 aliphatic heterocycles. The van der Waals surface area contributed by atoms with Crippen molar-refractivity contribution in [2.75, 3.05) is 0 Å². The molecule has 1 aromatic heterocycles. The number of hydrogen-bond acceptors (Lipinski definition) is 3. The Labute approximate surface area is 138 Å². The number of rotatable bonds is 5. The van der Waals surface area contributed by atoms with Gasteiger partial charge in [0, 0.05) is 25.4 Å². The number of hydrogen-bond donors (Lipinski definition) is 1. The maximum Gasteiger partial charge on any atom is 0.150 e. The van der Waals surface area contributed by atoms with Crippen molar-refractivity contribution >= 4 is 5.78 Å². The first kappa shape index (κ1) is 15.9. The molecule has 1 aromatic carbocycles. The minimum Gasteiger partial charge on any atom is -0.303 e. The quantitative estimate of drug-likeness (QED) is 0.920. The Morgan fingerprint density at radius 2 is 2.04 bits per heavy atom. The van der Waals surface area contributed by atoms with Gasteiger partial charge in [0.05, 0.1) is 6.04 Å². The molecule has 120 valence electrons. The third kappa shape index (κ3) is 3.85. The highest BCUT2D eigenvalue weighted by Gasteiger charge is 2.23. The van der Waals surface area contributed by atoms with Crippen LogP contribution < -0.4 is 5.32 Å². The van der Waals surface area contributed by atoms with Crippen molar-refractivity contribution < 1.29 is 4.79 Å². The number of aryl methyl sites for hydroxylation is 1. The van der Waals surface area contributed by atoms with Crippen molar-refractivity contribution in [1.82, 2.24) is 10.3 Å². The van der Waals surface area contributed by atoms with Crippen LogP contribution in [0.5, 0.6) is 0 Å². The summed E-state index contributed by atoms with van der Waals surface area (Å²) in [5.41, 5.74) is 5.00. The lowest BCUT2D eigenvalue weighted by atomic mass is 9.91. The van der Waals surface area contributed by atoms with Gasteiger partial charge in [0.2, 0.25) is 0 Å². The second kappa shape index (κ2) is 7.05. The Kier molecular flexibility index (Phi) is 4.87. The van der Waals surface area contributed by atoms with E-state index in [2.05, 4.69) is 54.5 Å². The van der Waals surface area contributed by atoms with E-state index in [1.807, 2.05) is 12.4 Å². The first-order valence-electron chi connectivity index (χ1n) is 8.40. The Bertz CT molecular complexity index is 694. The van der Waals surface area contributed by atoms with Crippen molar-refractivity contribution in [3.63, 3.8) is 0 Å². The second-order valence-electron chi connectivity index (χ2n) is 6.65. The van der Waals surface area contributed by atoms with Gasteiger partial charge in [-0.05, 0) is 41.0 Å². The molecule has 23 heavy (non-hydrogen) atoms. The summed E-state index contributed by atoms with van der Waals surface area (Å²) in [4.78, 5) is 16.8.